The maximum Gasteiger partial charge on any atom is 0.217 e. The number of hydrogen-bond acceptors (Lipinski definition) is 6. The average Bonchev–Trinajstić information content (AvgIpc) is 3.40. The van der Waals surface area contributed by atoms with Crippen molar-refractivity contribution in [2.45, 2.75) is 6.92 Å². The molecule has 0 spiro atoms. The van der Waals surface area contributed by atoms with Gasteiger partial charge in [0, 0.05) is 7.05 Å². The first kappa shape index (κ1) is 16.9. The molecule has 8 nitrogen and oxygen atoms in total. The average molecular weight is 365 g/mol. The molecule has 0 radical (unpaired) electrons. The van der Waals surface area contributed by atoms with Crippen molar-refractivity contribution in [1.82, 2.24) is 24.5 Å². The summed E-state index contributed by atoms with van der Waals surface area (Å²) in [4.78, 5) is 4.73. The molecule has 0 aliphatic heterocycles. The predicted octanol–water partition coefficient (Wildman–Crippen LogP) is 3.25. The van der Waals surface area contributed by atoms with Crippen molar-refractivity contribution in [2.24, 2.45) is 7.05 Å². The second-order valence-corrected chi connectivity index (χ2v) is 5.99. The Morgan fingerprint density at radius 2 is 1.78 bits per heavy atom. The standard InChI is InChI=1S/C19H19N5O3/c1-12-8-9-16(27-12)18-21-19(24(22-18)13-10-20-23(2)11-13)17-14(25-3)6-5-7-15(17)26-4/h5-11H,1-4H3. The summed E-state index contributed by atoms with van der Waals surface area (Å²) in [6.07, 6.45) is 3.58. The van der Waals surface area contributed by atoms with Crippen LogP contribution in [0.2, 0.25) is 0 Å². The van der Waals surface area contributed by atoms with E-state index in [1.54, 1.807) is 29.8 Å². The molecule has 0 amide bonds. The van der Waals surface area contributed by atoms with Crippen molar-refractivity contribution >= 4 is 0 Å². The quantitative estimate of drug-likeness (QED) is 0.540. The van der Waals surface area contributed by atoms with E-state index < -0.39 is 0 Å². The molecule has 0 saturated carbocycles. The molecule has 3 heterocycles. The van der Waals surface area contributed by atoms with Gasteiger partial charge in [-0.3, -0.25) is 4.68 Å². The second-order valence-electron chi connectivity index (χ2n) is 5.99. The third-order valence-corrected chi connectivity index (χ3v) is 4.16. The zero-order chi connectivity index (χ0) is 19.0. The van der Waals surface area contributed by atoms with Gasteiger partial charge in [0.05, 0.1) is 26.6 Å². The van der Waals surface area contributed by atoms with Crippen molar-refractivity contribution in [1.29, 1.82) is 0 Å². The molecule has 0 unspecified atom stereocenters. The van der Waals surface area contributed by atoms with Gasteiger partial charge >= 0.3 is 0 Å². The molecule has 27 heavy (non-hydrogen) atoms. The number of rotatable bonds is 5. The van der Waals surface area contributed by atoms with Gasteiger partial charge in [0.15, 0.2) is 11.6 Å². The van der Waals surface area contributed by atoms with E-state index >= 15 is 0 Å². The molecule has 0 bridgehead atoms. The van der Waals surface area contributed by atoms with Gasteiger partial charge in [0.25, 0.3) is 0 Å². The summed E-state index contributed by atoms with van der Waals surface area (Å²) < 4.78 is 20.2. The fourth-order valence-electron chi connectivity index (χ4n) is 2.90. The van der Waals surface area contributed by atoms with Crippen LogP contribution in [0.15, 0.2) is 47.1 Å². The SMILES string of the molecule is COc1cccc(OC)c1-c1nc(-c2ccc(C)o2)nn1-c1cnn(C)c1. The highest BCUT2D eigenvalue weighted by Crippen LogP contribution is 2.39. The number of ether oxygens (including phenoxy) is 2. The van der Waals surface area contributed by atoms with Crippen LogP contribution < -0.4 is 9.47 Å². The normalized spacial score (nSPS) is 11.0. The Labute approximate surface area is 156 Å². The number of furan rings is 1. The van der Waals surface area contributed by atoms with E-state index in [1.165, 1.54) is 0 Å². The molecule has 0 saturated heterocycles. The van der Waals surface area contributed by atoms with Crippen LogP contribution in [0.5, 0.6) is 11.5 Å². The van der Waals surface area contributed by atoms with E-state index in [2.05, 4.69) is 10.2 Å². The minimum atomic E-state index is 0.468. The Balaban J connectivity index is 1.98. The zero-order valence-electron chi connectivity index (χ0n) is 15.5. The summed E-state index contributed by atoms with van der Waals surface area (Å²) >= 11 is 0. The van der Waals surface area contributed by atoms with Crippen LogP contribution in [0.1, 0.15) is 5.76 Å². The van der Waals surface area contributed by atoms with Crippen molar-refractivity contribution in [3.8, 4) is 40.2 Å². The highest BCUT2D eigenvalue weighted by molar-refractivity contribution is 5.74. The lowest BCUT2D eigenvalue weighted by Gasteiger charge is -2.12. The topological polar surface area (TPSA) is 80.1 Å². The van der Waals surface area contributed by atoms with Gasteiger partial charge in [-0.2, -0.15) is 5.10 Å². The lowest BCUT2D eigenvalue weighted by Crippen LogP contribution is -2.01. The summed E-state index contributed by atoms with van der Waals surface area (Å²) in [5, 5.41) is 8.89. The van der Waals surface area contributed by atoms with Crippen LogP contribution in [-0.4, -0.2) is 38.8 Å². The monoisotopic (exact) mass is 365 g/mol. The minimum Gasteiger partial charge on any atom is -0.496 e. The number of aryl methyl sites for hydroxylation is 2. The van der Waals surface area contributed by atoms with E-state index in [4.69, 9.17) is 18.9 Å². The maximum atomic E-state index is 5.71. The van der Waals surface area contributed by atoms with Crippen molar-refractivity contribution in [3.05, 3.63) is 48.5 Å². The first-order valence-corrected chi connectivity index (χ1v) is 8.35. The minimum absolute atomic E-state index is 0.468. The summed E-state index contributed by atoms with van der Waals surface area (Å²) in [7, 11) is 5.07. The first-order valence-electron chi connectivity index (χ1n) is 8.35. The molecule has 138 valence electrons. The molecule has 0 aliphatic rings. The maximum absolute atomic E-state index is 5.71. The molecule has 0 aliphatic carbocycles. The molecule has 0 N–H and O–H groups in total. The Morgan fingerprint density at radius 3 is 2.33 bits per heavy atom. The highest BCUT2D eigenvalue weighted by Gasteiger charge is 2.23. The van der Waals surface area contributed by atoms with E-state index in [-0.39, 0.29) is 0 Å². The third kappa shape index (κ3) is 2.95. The third-order valence-electron chi connectivity index (χ3n) is 4.16. The van der Waals surface area contributed by atoms with E-state index in [9.17, 15) is 0 Å². The zero-order valence-corrected chi connectivity index (χ0v) is 15.5. The van der Waals surface area contributed by atoms with Gasteiger partial charge < -0.3 is 13.9 Å². The fourth-order valence-corrected chi connectivity index (χ4v) is 2.90. The molecule has 4 aromatic rings. The lowest BCUT2D eigenvalue weighted by atomic mass is 10.1. The summed E-state index contributed by atoms with van der Waals surface area (Å²) in [5.74, 6) is 3.68. The summed E-state index contributed by atoms with van der Waals surface area (Å²) in [6.45, 7) is 1.88. The van der Waals surface area contributed by atoms with Crippen LogP contribution in [0.3, 0.4) is 0 Å². The van der Waals surface area contributed by atoms with E-state index in [1.807, 2.05) is 50.5 Å². The van der Waals surface area contributed by atoms with Crippen molar-refractivity contribution in [2.75, 3.05) is 14.2 Å². The molecule has 8 heteroatoms. The summed E-state index contributed by atoms with van der Waals surface area (Å²) in [5.41, 5.74) is 1.47. The molecule has 1 aromatic carbocycles. The molecule has 0 atom stereocenters. The van der Waals surface area contributed by atoms with Crippen molar-refractivity contribution < 1.29 is 13.9 Å². The first-order chi connectivity index (χ1) is 13.1. The fraction of sp³-hybridized carbons (Fsp3) is 0.211. The number of hydrogen-bond donors (Lipinski definition) is 0. The number of methoxy groups -OCH3 is 2. The van der Waals surface area contributed by atoms with Gasteiger partial charge in [0.1, 0.15) is 28.5 Å². The van der Waals surface area contributed by atoms with Crippen LogP contribution in [0.4, 0.5) is 0 Å². The lowest BCUT2D eigenvalue weighted by molar-refractivity contribution is 0.396. The van der Waals surface area contributed by atoms with E-state index in [0.29, 0.717) is 34.5 Å². The van der Waals surface area contributed by atoms with Gasteiger partial charge in [0.2, 0.25) is 5.82 Å². The smallest absolute Gasteiger partial charge is 0.217 e. The largest absolute Gasteiger partial charge is 0.496 e. The molecule has 0 fully saturated rings. The highest BCUT2D eigenvalue weighted by atomic mass is 16.5. The molecule has 3 aromatic heterocycles. The summed E-state index contributed by atoms with van der Waals surface area (Å²) in [6, 6.07) is 9.31. The van der Waals surface area contributed by atoms with Crippen LogP contribution in [0.25, 0.3) is 28.7 Å². The number of benzene rings is 1. The van der Waals surface area contributed by atoms with Crippen LogP contribution >= 0.6 is 0 Å². The van der Waals surface area contributed by atoms with Gasteiger partial charge in [-0.1, -0.05) is 6.07 Å². The van der Waals surface area contributed by atoms with Crippen LogP contribution in [-0.2, 0) is 7.05 Å². The molecular formula is C19H19N5O3. The van der Waals surface area contributed by atoms with Crippen LogP contribution in [0, 0.1) is 6.92 Å². The van der Waals surface area contributed by atoms with Gasteiger partial charge in [-0.15, -0.1) is 5.10 Å². The van der Waals surface area contributed by atoms with E-state index in [0.717, 1.165) is 11.4 Å². The van der Waals surface area contributed by atoms with Crippen molar-refractivity contribution in [3.63, 3.8) is 0 Å². The predicted molar refractivity (Wildman–Crippen MR) is 99.1 cm³/mol. The molecular weight excluding hydrogens is 346 g/mol. The Morgan fingerprint density at radius 1 is 1.04 bits per heavy atom. The van der Waals surface area contributed by atoms with Gasteiger partial charge in [-0.05, 0) is 31.2 Å². The number of aromatic nitrogens is 5. The number of nitrogens with zero attached hydrogens (tertiary/aromatic N) is 5. The Bertz CT molecular complexity index is 1070. The van der Waals surface area contributed by atoms with Gasteiger partial charge in [-0.25, -0.2) is 9.67 Å². The Kier molecular flexibility index (Phi) is 4.15. The Hall–Kier alpha value is -3.55. The molecule has 4 rings (SSSR count). The second kappa shape index (κ2) is 6.64.